The second kappa shape index (κ2) is 7.69. The Morgan fingerprint density at radius 1 is 1.21 bits per heavy atom. The average Bonchev–Trinajstić information content (AvgIpc) is 3.30. The quantitative estimate of drug-likeness (QED) is 0.720. The van der Waals surface area contributed by atoms with Crippen molar-refractivity contribution in [3.05, 3.63) is 58.4 Å². The summed E-state index contributed by atoms with van der Waals surface area (Å²) in [5.74, 6) is 0.704. The molecule has 124 valence electrons. The molecule has 0 aliphatic carbocycles. The Balaban J connectivity index is 1.55. The van der Waals surface area contributed by atoms with E-state index in [0.29, 0.717) is 18.9 Å². The van der Waals surface area contributed by atoms with Gasteiger partial charge in [-0.25, -0.2) is 19.4 Å². The Labute approximate surface area is 143 Å². The molecular formula is C16H18N6OS. The lowest BCUT2D eigenvalue weighted by Gasteiger charge is -2.10. The molecule has 0 aromatic carbocycles. The first kappa shape index (κ1) is 16.1. The van der Waals surface area contributed by atoms with Crippen LogP contribution in [-0.2, 0) is 19.5 Å². The second-order valence-corrected chi connectivity index (χ2v) is 6.25. The lowest BCUT2D eigenvalue weighted by atomic mass is 10.2. The van der Waals surface area contributed by atoms with Crippen LogP contribution in [0.2, 0.25) is 0 Å². The first-order valence-corrected chi connectivity index (χ1v) is 8.47. The number of aromatic nitrogens is 4. The van der Waals surface area contributed by atoms with Gasteiger partial charge in [0.15, 0.2) is 5.82 Å². The molecule has 0 radical (unpaired) electrons. The Bertz CT molecular complexity index is 799. The van der Waals surface area contributed by atoms with Gasteiger partial charge in [-0.3, -0.25) is 0 Å². The maximum atomic E-state index is 12.0. The molecule has 24 heavy (non-hydrogen) atoms. The van der Waals surface area contributed by atoms with E-state index >= 15 is 0 Å². The number of rotatable bonds is 6. The van der Waals surface area contributed by atoms with Gasteiger partial charge < -0.3 is 10.6 Å². The van der Waals surface area contributed by atoms with Crippen LogP contribution >= 0.6 is 11.3 Å². The first-order chi connectivity index (χ1) is 11.8. The molecule has 0 bridgehead atoms. The van der Waals surface area contributed by atoms with Crippen molar-refractivity contribution in [3.8, 4) is 5.82 Å². The highest BCUT2D eigenvalue weighted by Gasteiger charge is 2.08. The highest BCUT2D eigenvalue weighted by Crippen LogP contribution is 2.13. The zero-order valence-corrected chi connectivity index (χ0v) is 14.1. The molecule has 0 aliphatic heterocycles. The Morgan fingerprint density at radius 2 is 2.08 bits per heavy atom. The smallest absolute Gasteiger partial charge is 0.315 e. The van der Waals surface area contributed by atoms with Crippen LogP contribution < -0.4 is 10.6 Å². The normalized spacial score (nSPS) is 10.5. The standard InChI is InChI=1S/C16H18N6OS/c1-2-13-10-18-14(24-13)11-20-16(23)19-9-12-5-3-6-17-15(12)22-8-4-7-21-22/h3-8,10H,2,9,11H2,1H3,(H2,19,20,23). The summed E-state index contributed by atoms with van der Waals surface area (Å²) in [4.78, 5) is 21.8. The molecule has 0 spiro atoms. The van der Waals surface area contributed by atoms with Crippen LogP contribution in [0.3, 0.4) is 0 Å². The minimum Gasteiger partial charge on any atom is -0.334 e. The number of urea groups is 1. The van der Waals surface area contributed by atoms with Crippen LogP contribution in [0.5, 0.6) is 0 Å². The van der Waals surface area contributed by atoms with Crippen LogP contribution in [0, 0.1) is 0 Å². The molecule has 3 rings (SSSR count). The van der Waals surface area contributed by atoms with Crippen LogP contribution in [0.25, 0.3) is 5.82 Å². The Morgan fingerprint density at radius 3 is 2.83 bits per heavy atom. The second-order valence-electron chi connectivity index (χ2n) is 5.05. The summed E-state index contributed by atoms with van der Waals surface area (Å²) in [5, 5.41) is 10.7. The van der Waals surface area contributed by atoms with Crippen molar-refractivity contribution >= 4 is 17.4 Å². The van der Waals surface area contributed by atoms with E-state index in [0.717, 1.165) is 17.0 Å². The van der Waals surface area contributed by atoms with E-state index < -0.39 is 0 Å². The maximum absolute atomic E-state index is 12.0. The summed E-state index contributed by atoms with van der Waals surface area (Å²) < 4.78 is 1.68. The SMILES string of the molecule is CCc1cnc(CNC(=O)NCc2cccnc2-n2cccn2)s1. The fourth-order valence-corrected chi connectivity index (χ4v) is 2.96. The third kappa shape index (κ3) is 3.96. The topological polar surface area (TPSA) is 84.7 Å². The van der Waals surface area contributed by atoms with Gasteiger partial charge in [0, 0.05) is 41.8 Å². The molecule has 3 aromatic heterocycles. The number of pyridine rings is 1. The minimum atomic E-state index is -0.237. The van der Waals surface area contributed by atoms with E-state index in [1.165, 1.54) is 4.88 Å². The lowest BCUT2D eigenvalue weighted by Crippen LogP contribution is -2.34. The zero-order valence-electron chi connectivity index (χ0n) is 13.3. The van der Waals surface area contributed by atoms with Gasteiger partial charge in [0.2, 0.25) is 0 Å². The predicted octanol–water partition coefficient (Wildman–Crippen LogP) is 2.29. The molecule has 3 heterocycles. The van der Waals surface area contributed by atoms with Crippen molar-refractivity contribution in [3.63, 3.8) is 0 Å². The van der Waals surface area contributed by atoms with Crippen LogP contribution in [-0.4, -0.2) is 25.8 Å². The highest BCUT2D eigenvalue weighted by atomic mass is 32.1. The largest absolute Gasteiger partial charge is 0.334 e. The molecule has 0 atom stereocenters. The van der Waals surface area contributed by atoms with Crippen LogP contribution in [0.15, 0.2) is 43.0 Å². The van der Waals surface area contributed by atoms with Gasteiger partial charge in [0.1, 0.15) is 5.01 Å². The van der Waals surface area contributed by atoms with Crippen molar-refractivity contribution in [2.45, 2.75) is 26.4 Å². The Kier molecular flexibility index (Phi) is 5.17. The summed E-state index contributed by atoms with van der Waals surface area (Å²) >= 11 is 1.61. The number of thiazole rings is 1. The molecular weight excluding hydrogens is 324 g/mol. The van der Waals surface area contributed by atoms with Crippen LogP contribution in [0.1, 0.15) is 22.4 Å². The van der Waals surface area contributed by atoms with Gasteiger partial charge in [-0.2, -0.15) is 5.10 Å². The summed E-state index contributed by atoms with van der Waals surface area (Å²) in [7, 11) is 0. The average molecular weight is 342 g/mol. The highest BCUT2D eigenvalue weighted by molar-refractivity contribution is 7.11. The summed E-state index contributed by atoms with van der Waals surface area (Å²) in [6.45, 7) is 2.88. The molecule has 0 saturated heterocycles. The molecule has 3 aromatic rings. The van der Waals surface area contributed by atoms with Gasteiger partial charge in [-0.1, -0.05) is 13.0 Å². The Hall–Kier alpha value is -2.74. The molecule has 0 saturated carbocycles. The third-order valence-electron chi connectivity index (χ3n) is 3.38. The number of aryl methyl sites for hydroxylation is 1. The maximum Gasteiger partial charge on any atom is 0.315 e. The molecule has 0 fully saturated rings. The van der Waals surface area contributed by atoms with E-state index in [1.807, 2.05) is 30.6 Å². The van der Waals surface area contributed by atoms with Gasteiger partial charge in [0.25, 0.3) is 0 Å². The number of hydrogen-bond donors (Lipinski definition) is 2. The van der Waals surface area contributed by atoms with Crippen molar-refractivity contribution < 1.29 is 4.79 Å². The van der Waals surface area contributed by atoms with Gasteiger partial charge >= 0.3 is 6.03 Å². The molecule has 2 N–H and O–H groups in total. The molecule has 0 aliphatic rings. The molecule has 0 unspecified atom stereocenters. The summed E-state index contributed by atoms with van der Waals surface area (Å²) in [5.41, 5.74) is 0.888. The first-order valence-electron chi connectivity index (χ1n) is 7.65. The van der Waals surface area contributed by atoms with E-state index in [1.54, 1.807) is 28.4 Å². The summed E-state index contributed by atoms with van der Waals surface area (Å²) in [6, 6.07) is 5.35. The van der Waals surface area contributed by atoms with Crippen molar-refractivity contribution in [1.29, 1.82) is 0 Å². The van der Waals surface area contributed by atoms with Crippen LogP contribution in [0.4, 0.5) is 4.79 Å². The number of carbonyl (C=O) groups excluding carboxylic acids is 1. The number of nitrogens with one attached hydrogen (secondary N) is 2. The monoisotopic (exact) mass is 342 g/mol. The number of hydrogen-bond acceptors (Lipinski definition) is 5. The van der Waals surface area contributed by atoms with Gasteiger partial charge in [-0.05, 0) is 18.6 Å². The van der Waals surface area contributed by atoms with Gasteiger partial charge in [0.05, 0.1) is 6.54 Å². The predicted molar refractivity (Wildman–Crippen MR) is 91.9 cm³/mol. The lowest BCUT2D eigenvalue weighted by molar-refractivity contribution is 0.240. The number of carbonyl (C=O) groups is 1. The molecule has 2 amide bonds. The number of nitrogens with zero attached hydrogens (tertiary/aromatic N) is 4. The zero-order chi connectivity index (χ0) is 16.8. The molecule has 8 heteroatoms. The summed E-state index contributed by atoms with van der Waals surface area (Å²) in [6.07, 6.45) is 8.03. The minimum absolute atomic E-state index is 0.237. The number of amides is 2. The molecule has 7 nitrogen and oxygen atoms in total. The fourth-order valence-electron chi connectivity index (χ4n) is 2.16. The van der Waals surface area contributed by atoms with Crippen molar-refractivity contribution in [2.24, 2.45) is 0 Å². The van der Waals surface area contributed by atoms with Gasteiger partial charge in [-0.15, -0.1) is 11.3 Å². The van der Waals surface area contributed by atoms with Crippen molar-refractivity contribution in [2.75, 3.05) is 0 Å². The van der Waals surface area contributed by atoms with Crippen molar-refractivity contribution in [1.82, 2.24) is 30.4 Å². The van der Waals surface area contributed by atoms with E-state index in [-0.39, 0.29) is 6.03 Å². The van der Waals surface area contributed by atoms with E-state index in [9.17, 15) is 4.79 Å². The third-order valence-corrected chi connectivity index (χ3v) is 4.52. The fraction of sp³-hybridized carbons (Fsp3) is 0.250. The van der Waals surface area contributed by atoms with E-state index in [4.69, 9.17) is 0 Å². The van der Waals surface area contributed by atoms with E-state index in [2.05, 4.69) is 32.6 Å².